The predicted molar refractivity (Wildman–Crippen MR) is 61.9 cm³/mol. The largest absolute Gasteiger partial charge is 0.478 e. The van der Waals surface area contributed by atoms with Crippen LogP contribution in [0.15, 0.2) is 18.2 Å². The highest BCUT2D eigenvalue weighted by molar-refractivity contribution is 5.92. The van der Waals surface area contributed by atoms with Crippen LogP contribution in [0.5, 0.6) is 5.75 Å². The fraction of sp³-hybridized carbons (Fsp3) is 0.333. The fourth-order valence-electron chi connectivity index (χ4n) is 1.49. The number of esters is 1. The van der Waals surface area contributed by atoms with Crippen LogP contribution in [0.4, 0.5) is 0 Å². The van der Waals surface area contributed by atoms with Crippen LogP contribution in [0, 0.1) is 0 Å². The average Bonchev–Trinajstić information content (AvgIpc) is 2.27. The zero-order valence-corrected chi connectivity index (χ0v) is 9.77. The molecule has 0 saturated heterocycles. The van der Waals surface area contributed by atoms with E-state index in [1.807, 2.05) is 6.92 Å². The third-order valence-corrected chi connectivity index (χ3v) is 2.36. The molecule has 1 unspecified atom stereocenters. The summed E-state index contributed by atoms with van der Waals surface area (Å²) < 4.78 is 4.96. The van der Waals surface area contributed by atoms with E-state index in [-0.39, 0.29) is 17.4 Å². The molecule has 0 saturated carbocycles. The monoisotopic (exact) mass is 237 g/mol. The zero-order valence-electron chi connectivity index (χ0n) is 9.77. The number of nitrogens with two attached hydrogens (primary N) is 1. The highest BCUT2D eigenvalue weighted by Crippen LogP contribution is 2.29. The Labute approximate surface area is 99.2 Å². The summed E-state index contributed by atoms with van der Waals surface area (Å²) in [6, 6.07) is 4.27. The average molecular weight is 237 g/mol. The van der Waals surface area contributed by atoms with Gasteiger partial charge in [0.1, 0.15) is 11.3 Å². The number of carboxylic acids is 1. The van der Waals surface area contributed by atoms with E-state index >= 15 is 0 Å². The number of rotatable bonds is 4. The molecule has 0 amide bonds. The van der Waals surface area contributed by atoms with E-state index in [0.29, 0.717) is 12.0 Å². The maximum absolute atomic E-state index is 11.0. The van der Waals surface area contributed by atoms with Gasteiger partial charge in [0.25, 0.3) is 0 Å². The van der Waals surface area contributed by atoms with Gasteiger partial charge in [-0.1, -0.05) is 19.1 Å². The van der Waals surface area contributed by atoms with E-state index in [2.05, 4.69) is 0 Å². The van der Waals surface area contributed by atoms with E-state index in [4.69, 9.17) is 15.6 Å². The Morgan fingerprint density at radius 1 is 1.47 bits per heavy atom. The molecule has 0 radical (unpaired) electrons. The number of para-hydroxylation sites is 1. The van der Waals surface area contributed by atoms with Crippen molar-refractivity contribution in [1.82, 2.24) is 0 Å². The molecule has 0 aromatic heterocycles. The molecule has 0 heterocycles. The summed E-state index contributed by atoms with van der Waals surface area (Å²) >= 11 is 0. The van der Waals surface area contributed by atoms with Crippen molar-refractivity contribution in [3.05, 3.63) is 29.3 Å². The van der Waals surface area contributed by atoms with E-state index in [9.17, 15) is 9.59 Å². The third kappa shape index (κ3) is 3.04. The van der Waals surface area contributed by atoms with Gasteiger partial charge in [-0.15, -0.1) is 0 Å². The minimum absolute atomic E-state index is 0.0434. The number of carbonyl (C=O) groups excluding carboxylic acids is 1. The van der Waals surface area contributed by atoms with Crippen LogP contribution >= 0.6 is 0 Å². The highest BCUT2D eigenvalue weighted by atomic mass is 16.5. The molecule has 5 heteroatoms. The molecule has 92 valence electrons. The Hall–Kier alpha value is -1.88. The molecular formula is C12H15NO4. The van der Waals surface area contributed by atoms with Crippen molar-refractivity contribution in [3.63, 3.8) is 0 Å². The second-order valence-electron chi connectivity index (χ2n) is 3.64. The lowest BCUT2D eigenvalue weighted by Gasteiger charge is -2.15. The minimum atomic E-state index is -1.15. The molecule has 0 aliphatic rings. The van der Waals surface area contributed by atoms with E-state index in [0.717, 1.165) is 0 Å². The van der Waals surface area contributed by atoms with Crippen molar-refractivity contribution in [3.8, 4) is 5.75 Å². The standard InChI is InChI=1S/C12H15NO4/c1-3-10(13)8-5-4-6-9(12(15)16)11(8)17-7(2)14/h4-6,10H,3,13H2,1-2H3,(H,15,16). The maximum atomic E-state index is 11.0. The van der Waals surface area contributed by atoms with Crippen LogP contribution in [0.3, 0.4) is 0 Å². The van der Waals surface area contributed by atoms with Gasteiger partial charge in [0.05, 0.1) is 0 Å². The van der Waals surface area contributed by atoms with Crippen LogP contribution < -0.4 is 10.5 Å². The number of aromatic carboxylic acids is 1. The number of carbonyl (C=O) groups is 2. The summed E-state index contributed by atoms with van der Waals surface area (Å²) in [5.41, 5.74) is 6.33. The first-order valence-electron chi connectivity index (χ1n) is 5.27. The van der Waals surface area contributed by atoms with Gasteiger partial charge in [0, 0.05) is 18.5 Å². The zero-order chi connectivity index (χ0) is 13.0. The molecule has 0 bridgehead atoms. The number of ether oxygens (including phenoxy) is 1. The van der Waals surface area contributed by atoms with Gasteiger partial charge in [-0.05, 0) is 12.5 Å². The molecule has 0 aliphatic carbocycles. The Kier molecular flexibility index (Phi) is 4.23. The lowest BCUT2D eigenvalue weighted by atomic mass is 10.0. The first kappa shape index (κ1) is 13.2. The van der Waals surface area contributed by atoms with Crippen molar-refractivity contribution in [2.24, 2.45) is 5.73 Å². The van der Waals surface area contributed by atoms with E-state index < -0.39 is 11.9 Å². The van der Waals surface area contributed by atoms with Crippen LogP contribution in [0.1, 0.15) is 42.2 Å². The smallest absolute Gasteiger partial charge is 0.339 e. The molecule has 1 rings (SSSR count). The van der Waals surface area contributed by atoms with Crippen LogP contribution in [0.25, 0.3) is 0 Å². The Bertz CT molecular complexity index is 442. The van der Waals surface area contributed by atoms with Gasteiger partial charge in [-0.25, -0.2) is 4.79 Å². The van der Waals surface area contributed by atoms with Gasteiger partial charge in [0.2, 0.25) is 0 Å². The molecule has 1 aromatic rings. The Morgan fingerprint density at radius 3 is 2.59 bits per heavy atom. The summed E-state index contributed by atoms with van der Waals surface area (Å²) in [5, 5.41) is 9.03. The maximum Gasteiger partial charge on any atom is 0.339 e. The summed E-state index contributed by atoms with van der Waals surface area (Å²) in [7, 11) is 0. The number of hydrogen-bond acceptors (Lipinski definition) is 4. The molecule has 1 aromatic carbocycles. The second kappa shape index (κ2) is 5.45. The summed E-state index contributed by atoms with van der Waals surface area (Å²) in [4.78, 5) is 22.0. The third-order valence-electron chi connectivity index (χ3n) is 2.36. The second-order valence-corrected chi connectivity index (χ2v) is 3.64. The van der Waals surface area contributed by atoms with Gasteiger partial charge >= 0.3 is 11.9 Å². The topological polar surface area (TPSA) is 89.6 Å². The lowest BCUT2D eigenvalue weighted by Crippen LogP contribution is -2.15. The molecule has 17 heavy (non-hydrogen) atoms. The van der Waals surface area contributed by atoms with Gasteiger partial charge < -0.3 is 15.6 Å². The van der Waals surface area contributed by atoms with Crippen molar-refractivity contribution in [2.75, 3.05) is 0 Å². The molecule has 0 spiro atoms. The van der Waals surface area contributed by atoms with E-state index in [1.165, 1.54) is 13.0 Å². The summed E-state index contributed by atoms with van der Waals surface area (Å²) in [6.07, 6.45) is 0.622. The van der Waals surface area contributed by atoms with Gasteiger partial charge in [-0.2, -0.15) is 0 Å². The lowest BCUT2D eigenvalue weighted by molar-refractivity contribution is -0.131. The van der Waals surface area contributed by atoms with Crippen LogP contribution in [-0.2, 0) is 4.79 Å². The van der Waals surface area contributed by atoms with Gasteiger partial charge in [0.15, 0.2) is 0 Å². The minimum Gasteiger partial charge on any atom is -0.478 e. The summed E-state index contributed by atoms with van der Waals surface area (Å²) in [5.74, 6) is -1.67. The SMILES string of the molecule is CCC(N)c1cccc(C(=O)O)c1OC(C)=O. The Morgan fingerprint density at radius 2 is 2.12 bits per heavy atom. The molecule has 5 nitrogen and oxygen atoms in total. The first-order valence-corrected chi connectivity index (χ1v) is 5.27. The van der Waals surface area contributed by atoms with E-state index in [1.54, 1.807) is 12.1 Å². The number of carboxylic acid groups (broad SMARTS) is 1. The molecule has 0 aliphatic heterocycles. The van der Waals surface area contributed by atoms with Crippen LogP contribution in [0.2, 0.25) is 0 Å². The number of benzene rings is 1. The van der Waals surface area contributed by atoms with Crippen LogP contribution in [-0.4, -0.2) is 17.0 Å². The molecule has 3 N–H and O–H groups in total. The van der Waals surface area contributed by atoms with Crippen molar-refractivity contribution >= 4 is 11.9 Å². The molecule has 0 fully saturated rings. The molecule has 1 atom stereocenters. The fourth-order valence-corrected chi connectivity index (χ4v) is 1.49. The predicted octanol–water partition coefficient (Wildman–Crippen LogP) is 1.72. The Balaban J connectivity index is 3.33. The summed E-state index contributed by atoms with van der Waals surface area (Å²) in [6.45, 7) is 3.09. The van der Waals surface area contributed by atoms with Gasteiger partial charge in [-0.3, -0.25) is 4.79 Å². The number of hydrogen-bond donors (Lipinski definition) is 2. The first-order chi connectivity index (χ1) is 7.97. The normalized spacial score (nSPS) is 11.9. The highest BCUT2D eigenvalue weighted by Gasteiger charge is 2.19. The quantitative estimate of drug-likeness (QED) is 0.614. The van der Waals surface area contributed by atoms with Crippen molar-refractivity contribution in [1.29, 1.82) is 0 Å². The molecular weight excluding hydrogens is 222 g/mol. The van der Waals surface area contributed by atoms with Crippen molar-refractivity contribution < 1.29 is 19.4 Å². The van der Waals surface area contributed by atoms with Crippen molar-refractivity contribution in [2.45, 2.75) is 26.3 Å².